The highest BCUT2D eigenvalue weighted by Crippen LogP contribution is 2.85. The van der Waals surface area contributed by atoms with E-state index < -0.39 is 0 Å². The van der Waals surface area contributed by atoms with Gasteiger partial charge in [-0.2, -0.15) is 0 Å². The minimum absolute atomic E-state index is 0.119. The highest BCUT2D eigenvalue weighted by atomic mass is 16.5. The van der Waals surface area contributed by atoms with Gasteiger partial charge in [-0.25, -0.2) is 0 Å². The van der Waals surface area contributed by atoms with E-state index in [4.69, 9.17) is 4.74 Å². The lowest BCUT2D eigenvalue weighted by Crippen LogP contribution is -2.62. The van der Waals surface area contributed by atoms with Crippen molar-refractivity contribution in [2.75, 3.05) is 6.61 Å². The van der Waals surface area contributed by atoms with Crippen LogP contribution in [0.5, 0.6) is 0 Å². The summed E-state index contributed by atoms with van der Waals surface area (Å²) >= 11 is 0. The van der Waals surface area contributed by atoms with Crippen molar-refractivity contribution in [1.29, 1.82) is 0 Å². The number of rotatable bonds is 2. The number of esters is 1. The summed E-state index contributed by atoms with van der Waals surface area (Å²) in [6.45, 7) is 8.91. The van der Waals surface area contributed by atoms with Crippen LogP contribution in [0.15, 0.2) is 0 Å². The monoisotopic (exact) mass is 346 g/mol. The van der Waals surface area contributed by atoms with Gasteiger partial charge in [-0.15, -0.1) is 0 Å². The first-order valence-electron chi connectivity index (χ1n) is 10.5. The van der Waals surface area contributed by atoms with Crippen LogP contribution in [0.1, 0.15) is 72.6 Å². The van der Waals surface area contributed by atoms with Crippen LogP contribution in [0, 0.1) is 45.3 Å². The molecule has 6 saturated carbocycles. The number of hydrogen-bond donors (Lipinski definition) is 1. The third-order valence-electron chi connectivity index (χ3n) is 10.3. The van der Waals surface area contributed by atoms with Crippen molar-refractivity contribution in [2.24, 2.45) is 45.3 Å². The van der Waals surface area contributed by atoms with Crippen LogP contribution in [0.3, 0.4) is 0 Å². The zero-order valence-electron chi connectivity index (χ0n) is 16.3. The molecule has 6 aliphatic rings. The summed E-state index contributed by atoms with van der Waals surface area (Å²) in [6.07, 6.45) is 8.86. The Kier molecular flexibility index (Phi) is 3.08. The Morgan fingerprint density at radius 1 is 1.08 bits per heavy atom. The molecule has 6 rings (SSSR count). The fraction of sp³-hybridized carbons (Fsp3) is 0.955. The highest BCUT2D eigenvalue weighted by Gasteiger charge is 2.78. The minimum Gasteiger partial charge on any atom is -0.462 e. The van der Waals surface area contributed by atoms with E-state index in [2.05, 4.69) is 20.8 Å². The van der Waals surface area contributed by atoms with Gasteiger partial charge in [0.15, 0.2) is 0 Å². The van der Waals surface area contributed by atoms with Crippen molar-refractivity contribution in [3.05, 3.63) is 0 Å². The largest absolute Gasteiger partial charge is 0.462 e. The van der Waals surface area contributed by atoms with Crippen molar-refractivity contribution in [3.63, 3.8) is 0 Å². The van der Waals surface area contributed by atoms with E-state index in [-0.39, 0.29) is 24.1 Å². The highest BCUT2D eigenvalue weighted by molar-refractivity contribution is 5.66. The fourth-order valence-corrected chi connectivity index (χ4v) is 9.24. The maximum atomic E-state index is 11.6. The molecule has 0 aromatic heterocycles. The van der Waals surface area contributed by atoms with Gasteiger partial charge in [-0.3, -0.25) is 4.79 Å². The molecular weight excluding hydrogens is 312 g/mol. The van der Waals surface area contributed by atoms with Crippen molar-refractivity contribution < 1.29 is 14.6 Å². The summed E-state index contributed by atoms with van der Waals surface area (Å²) in [5, 5.41) is 10.4. The smallest absolute Gasteiger partial charge is 0.302 e. The number of fused-ring (bicyclic) bond motifs is 1. The van der Waals surface area contributed by atoms with E-state index >= 15 is 0 Å². The summed E-state index contributed by atoms with van der Waals surface area (Å²) < 4.78 is 5.71. The van der Waals surface area contributed by atoms with Crippen LogP contribution >= 0.6 is 0 Å². The molecule has 0 aliphatic heterocycles. The summed E-state index contributed by atoms with van der Waals surface area (Å²) in [4.78, 5) is 11.6. The Labute approximate surface area is 151 Å². The maximum absolute atomic E-state index is 11.6. The summed E-state index contributed by atoms with van der Waals surface area (Å²) in [7, 11) is 0. The molecule has 0 radical (unpaired) electrons. The van der Waals surface area contributed by atoms with E-state index in [9.17, 15) is 9.90 Å². The van der Waals surface area contributed by atoms with E-state index in [1.807, 2.05) is 0 Å². The average molecular weight is 347 g/mol. The Hall–Kier alpha value is -0.570. The first-order valence-corrected chi connectivity index (χ1v) is 10.5. The van der Waals surface area contributed by atoms with Crippen molar-refractivity contribution in [1.82, 2.24) is 0 Å². The van der Waals surface area contributed by atoms with Crippen LogP contribution in [0.4, 0.5) is 0 Å². The topological polar surface area (TPSA) is 46.5 Å². The molecule has 0 amide bonds. The maximum Gasteiger partial charge on any atom is 0.302 e. The van der Waals surface area contributed by atoms with Gasteiger partial charge < -0.3 is 9.84 Å². The molecular formula is C22H34O3. The van der Waals surface area contributed by atoms with E-state index in [0.29, 0.717) is 22.2 Å². The number of hydrogen-bond acceptors (Lipinski definition) is 3. The molecule has 6 aliphatic carbocycles. The molecule has 6 fully saturated rings. The molecule has 3 unspecified atom stereocenters. The van der Waals surface area contributed by atoms with Crippen molar-refractivity contribution in [3.8, 4) is 0 Å². The Morgan fingerprint density at radius 3 is 2.44 bits per heavy atom. The third kappa shape index (κ3) is 1.79. The van der Waals surface area contributed by atoms with Crippen LogP contribution in [-0.2, 0) is 9.53 Å². The quantitative estimate of drug-likeness (QED) is 0.763. The van der Waals surface area contributed by atoms with Crippen molar-refractivity contribution >= 4 is 5.97 Å². The van der Waals surface area contributed by atoms with E-state index in [0.717, 1.165) is 30.6 Å². The molecule has 1 spiro atoms. The van der Waals surface area contributed by atoms with E-state index in [1.165, 1.54) is 39.0 Å². The molecule has 9 atom stereocenters. The lowest BCUT2D eigenvalue weighted by atomic mass is 9.39. The number of aliphatic hydroxyl groups excluding tert-OH is 1. The molecule has 25 heavy (non-hydrogen) atoms. The lowest BCUT2D eigenvalue weighted by molar-refractivity contribution is -0.216. The summed E-state index contributed by atoms with van der Waals surface area (Å²) in [6, 6.07) is 0. The SMILES string of the molecule is CC(=O)O[C@@H]1CC[C@]2(C)[C@H](CCC34CC5C(C[C@H]32)[C@]5(C)C4)[C@]1(C)CO. The number of carbonyl (C=O) groups excluding carboxylic acids is 1. The van der Waals surface area contributed by atoms with Gasteiger partial charge >= 0.3 is 5.97 Å². The van der Waals surface area contributed by atoms with Crippen LogP contribution in [0.2, 0.25) is 0 Å². The van der Waals surface area contributed by atoms with Gasteiger partial charge in [0, 0.05) is 12.3 Å². The Morgan fingerprint density at radius 2 is 1.84 bits per heavy atom. The number of ether oxygens (including phenoxy) is 1. The molecule has 1 N–H and O–H groups in total. The predicted octanol–water partition coefficient (Wildman–Crippen LogP) is 4.18. The predicted molar refractivity (Wildman–Crippen MR) is 95.7 cm³/mol. The van der Waals surface area contributed by atoms with Crippen LogP contribution in [0.25, 0.3) is 0 Å². The normalized spacial score (nSPS) is 61.2. The summed E-state index contributed by atoms with van der Waals surface area (Å²) in [5.41, 5.74) is 1.29. The molecule has 0 aromatic rings. The fourth-order valence-electron chi connectivity index (χ4n) is 9.24. The molecule has 0 heterocycles. The second kappa shape index (κ2) is 4.64. The zero-order valence-corrected chi connectivity index (χ0v) is 16.3. The van der Waals surface area contributed by atoms with E-state index in [1.54, 1.807) is 0 Å². The standard InChI is InChI=1S/C22H34O3/c1-13(24)25-18-6-7-19(2)16(21(18,4)12-23)5-8-22-10-15-14(9-17(19)22)20(15,3)11-22/h14-18,23H,5-12H2,1-4H3/t14?,15?,16-,17-,18+,19+,20-,21-,22?/m0/s1. The first-order chi connectivity index (χ1) is 11.7. The molecule has 3 nitrogen and oxygen atoms in total. The number of aliphatic hydroxyl groups is 1. The zero-order chi connectivity index (χ0) is 17.8. The molecule has 140 valence electrons. The average Bonchev–Trinajstić information content (AvgIpc) is 3.00. The molecule has 0 saturated heterocycles. The summed E-state index contributed by atoms with van der Waals surface area (Å²) in [5.74, 6) is 3.08. The Balaban J connectivity index is 1.50. The van der Waals surface area contributed by atoms with Crippen molar-refractivity contribution in [2.45, 2.75) is 78.7 Å². The van der Waals surface area contributed by atoms with Gasteiger partial charge in [0.05, 0.1) is 6.61 Å². The van der Waals surface area contributed by atoms with Gasteiger partial charge in [-0.05, 0) is 84.9 Å². The van der Waals surface area contributed by atoms with Crippen LogP contribution < -0.4 is 0 Å². The first kappa shape index (κ1) is 16.6. The second-order valence-electron chi connectivity index (χ2n) is 11.1. The van der Waals surface area contributed by atoms with Gasteiger partial charge in [0.25, 0.3) is 0 Å². The van der Waals surface area contributed by atoms with Gasteiger partial charge in [-0.1, -0.05) is 20.8 Å². The molecule has 0 aromatic carbocycles. The number of carbonyl (C=O) groups is 1. The van der Waals surface area contributed by atoms with Gasteiger partial charge in [0.2, 0.25) is 0 Å². The molecule has 3 heteroatoms. The Bertz CT molecular complexity index is 631. The minimum atomic E-state index is -0.284. The lowest BCUT2D eigenvalue weighted by Gasteiger charge is -2.66. The molecule has 4 bridgehead atoms. The third-order valence-corrected chi connectivity index (χ3v) is 10.3. The van der Waals surface area contributed by atoms with Gasteiger partial charge in [0.1, 0.15) is 6.10 Å². The second-order valence-corrected chi connectivity index (χ2v) is 11.1. The van der Waals surface area contributed by atoms with Crippen LogP contribution in [-0.4, -0.2) is 23.8 Å².